The fourth-order valence-corrected chi connectivity index (χ4v) is 3.18. The van der Waals surface area contributed by atoms with Crippen LogP contribution in [-0.2, 0) is 11.3 Å². The molecule has 0 spiro atoms. The van der Waals surface area contributed by atoms with E-state index in [1.807, 2.05) is 41.2 Å². The summed E-state index contributed by atoms with van der Waals surface area (Å²) >= 11 is 0. The first-order chi connectivity index (χ1) is 12.3. The number of ether oxygens (including phenoxy) is 1. The average molecular weight is 337 g/mol. The summed E-state index contributed by atoms with van der Waals surface area (Å²) in [7, 11) is 0. The number of rotatable bonds is 5. The van der Waals surface area contributed by atoms with Gasteiger partial charge in [-0.05, 0) is 60.0 Å². The fourth-order valence-electron chi connectivity index (χ4n) is 3.18. The largest absolute Gasteiger partial charge is 0.372 e. The first-order valence-electron chi connectivity index (χ1n) is 8.51. The van der Waals surface area contributed by atoms with Gasteiger partial charge >= 0.3 is 0 Å². The van der Waals surface area contributed by atoms with Crippen LogP contribution in [0.25, 0.3) is 16.8 Å². The Hall–Kier alpha value is -2.50. The molecule has 0 aliphatic carbocycles. The third-order valence-electron chi connectivity index (χ3n) is 4.48. The minimum atomic E-state index is -0.241. The van der Waals surface area contributed by atoms with Crippen LogP contribution in [0.15, 0.2) is 60.9 Å². The molecule has 1 aromatic heterocycles. The van der Waals surface area contributed by atoms with Crippen LogP contribution in [0, 0.1) is 5.82 Å². The van der Waals surface area contributed by atoms with E-state index in [0.29, 0.717) is 6.61 Å². The van der Waals surface area contributed by atoms with Crippen LogP contribution in [0.1, 0.15) is 12.0 Å². The molecule has 2 heterocycles. The smallest absolute Gasteiger partial charge is 0.123 e. The van der Waals surface area contributed by atoms with E-state index in [-0.39, 0.29) is 11.9 Å². The molecule has 0 saturated carbocycles. The second-order valence-electron chi connectivity index (χ2n) is 6.23. The van der Waals surface area contributed by atoms with Crippen LogP contribution >= 0.6 is 0 Å². The van der Waals surface area contributed by atoms with Gasteiger partial charge in [0, 0.05) is 18.9 Å². The molecular weight excluding hydrogens is 317 g/mol. The van der Waals surface area contributed by atoms with Crippen molar-refractivity contribution in [1.82, 2.24) is 15.1 Å². The van der Waals surface area contributed by atoms with Crippen LogP contribution in [0.5, 0.6) is 0 Å². The monoisotopic (exact) mass is 337 g/mol. The summed E-state index contributed by atoms with van der Waals surface area (Å²) in [5, 5.41) is 7.55. The van der Waals surface area contributed by atoms with Crippen molar-refractivity contribution in [2.45, 2.75) is 19.1 Å². The van der Waals surface area contributed by atoms with Crippen molar-refractivity contribution in [3.63, 3.8) is 0 Å². The molecule has 0 radical (unpaired) electrons. The summed E-state index contributed by atoms with van der Waals surface area (Å²) in [5.41, 5.74) is 3.85. The molecule has 128 valence electrons. The third kappa shape index (κ3) is 3.62. The van der Waals surface area contributed by atoms with E-state index in [1.165, 1.54) is 6.07 Å². The van der Waals surface area contributed by atoms with Gasteiger partial charge in [0.05, 0.1) is 18.4 Å². The Balaban J connectivity index is 1.64. The maximum Gasteiger partial charge on any atom is 0.123 e. The molecule has 1 aliphatic rings. The molecule has 1 aliphatic heterocycles. The Labute approximate surface area is 146 Å². The molecule has 25 heavy (non-hydrogen) atoms. The van der Waals surface area contributed by atoms with Gasteiger partial charge in [-0.2, -0.15) is 5.10 Å². The van der Waals surface area contributed by atoms with Gasteiger partial charge in [0.15, 0.2) is 0 Å². The predicted octanol–water partition coefficient (Wildman–Crippen LogP) is 3.56. The molecule has 0 bridgehead atoms. The van der Waals surface area contributed by atoms with Crippen LogP contribution in [0.4, 0.5) is 4.39 Å². The Morgan fingerprint density at radius 2 is 2.16 bits per heavy atom. The summed E-state index contributed by atoms with van der Waals surface area (Å²) in [6, 6.07) is 14.8. The molecular formula is C20H20FN3O. The number of nitrogens with zero attached hydrogens (tertiary/aromatic N) is 2. The second kappa shape index (κ2) is 7.17. The number of nitrogens with one attached hydrogen (secondary N) is 1. The van der Waals surface area contributed by atoms with Crippen molar-refractivity contribution in [1.29, 1.82) is 0 Å². The molecule has 1 atom stereocenters. The summed E-state index contributed by atoms with van der Waals surface area (Å²) in [4.78, 5) is 0. The molecule has 5 heteroatoms. The van der Waals surface area contributed by atoms with Crippen LogP contribution in [0.3, 0.4) is 0 Å². The second-order valence-corrected chi connectivity index (χ2v) is 6.23. The topological polar surface area (TPSA) is 39.1 Å². The number of aromatic nitrogens is 2. The molecule has 4 nitrogen and oxygen atoms in total. The van der Waals surface area contributed by atoms with E-state index in [2.05, 4.69) is 16.5 Å². The minimum Gasteiger partial charge on any atom is -0.372 e. The van der Waals surface area contributed by atoms with E-state index in [1.54, 1.807) is 12.3 Å². The van der Waals surface area contributed by atoms with Gasteiger partial charge in [-0.3, -0.25) is 0 Å². The van der Waals surface area contributed by atoms with E-state index in [9.17, 15) is 4.39 Å². The number of halogens is 1. The van der Waals surface area contributed by atoms with Gasteiger partial charge < -0.3 is 10.1 Å². The van der Waals surface area contributed by atoms with Crippen LogP contribution < -0.4 is 5.32 Å². The highest BCUT2D eigenvalue weighted by atomic mass is 19.1. The zero-order chi connectivity index (χ0) is 17.1. The van der Waals surface area contributed by atoms with Crippen molar-refractivity contribution >= 4 is 0 Å². The highest BCUT2D eigenvalue weighted by Gasteiger charge is 2.16. The maximum absolute atomic E-state index is 13.8. The van der Waals surface area contributed by atoms with E-state index < -0.39 is 0 Å². The lowest BCUT2D eigenvalue weighted by Gasteiger charge is -2.15. The van der Waals surface area contributed by atoms with Gasteiger partial charge in [0.2, 0.25) is 0 Å². The third-order valence-corrected chi connectivity index (χ3v) is 4.48. The standard InChI is InChI=1S/C20H20FN3O/c21-17-5-6-20(16(11-17)14-25-19-7-9-22-13-19)15-3-1-4-18(12-15)24-10-2-8-23-24/h1-6,8,10-12,19,22H,7,9,13-14H2. The van der Waals surface area contributed by atoms with E-state index in [4.69, 9.17) is 4.74 Å². The van der Waals surface area contributed by atoms with Gasteiger partial charge in [-0.1, -0.05) is 18.2 Å². The predicted molar refractivity (Wildman–Crippen MR) is 95.0 cm³/mol. The molecule has 1 saturated heterocycles. The van der Waals surface area contributed by atoms with Crippen LogP contribution in [0.2, 0.25) is 0 Å². The van der Waals surface area contributed by atoms with Gasteiger partial charge in [-0.25, -0.2) is 9.07 Å². The lowest BCUT2D eigenvalue weighted by molar-refractivity contribution is 0.0543. The van der Waals surface area contributed by atoms with Crippen molar-refractivity contribution in [3.05, 3.63) is 72.3 Å². The van der Waals surface area contributed by atoms with Gasteiger partial charge in [0.25, 0.3) is 0 Å². The van der Waals surface area contributed by atoms with Crippen molar-refractivity contribution < 1.29 is 9.13 Å². The zero-order valence-electron chi connectivity index (χ0n) is 13.9. The highest BCUT2D eigenvalue weighted by molar-refractivity contribution is 5.69. The van der Waals surface area contributed by atoms with Gasteiger partial charge in [-0.15, -0.1) is 0 Å². The minimum absolute atomic E-state index is 0.200. The van der Waals surface area contributed by atoms with Crippen molar-refractivity contribution in [3.8, 4) is 16.8 Å². The Morgan fingerprint density at radius 3 is 2.96 bits per heavy atom. The molecule has 1 fully saturated rings. The van der Waals surface area contributed by atoms with Crippen molar-refractivity contribution in [2.24, 2.45) is 0 Å². The summed E-state index contributed by atoms with van der Waals surface area (Å²) in [5.74, 6) is -0.241. The first-order valence-corrected chi connectivity index (χ1v) is 8.51. The van der Waals surface area contributed by atoms with Gasteiger partial charge in [0.1, 0.15) is 5.82 Å². The Kier molecular flexibility index (Phi) is 4.59. The molecule has 1 unspecified atom stereocenters. The lowest BCUT2D eigenvalue weighted by atomic mass is 9.99. The highest BCUT2D eigenvalue weighted by Crippen LogP contribution is 2.27. The molecule has 0 amide bonds. The van der Waals surface area contributed by atoms with Crippen molar-refractivity contribution in [2.75, 3.05) is 13.1 Å². The fraction of sp³-hybridized carbons (Fsp3) is 0.250. The molecule has 2 aromatic carbocycles. The number of hydrogen-bond donors (Lipinski definition) is 1. The van der Waals surface area contributed by atoms with E-state index in [0.717, 1.165) is 41.9 Å². The number of hydrogen-bond acceptors (Lipinski definition) is 3. The quantitative estimate of drug-likeness (QED) is 0.774. The molecule has 1 N–H and O–H groups in total. The van der Waals surface area contributed by atoms with E-state index >= 15 is 0 Å². The maximum atomic E-state index is 13.8. The average Bonchev–Trinajstić information content (AvgIpc) is 3.34. The Morgan fingerprint density at radius 1 is 1.20 bits per heavy atom. The number of benzene rings is 2. The van der Waals surface area contributed by atoms with Crippen LogP contribution in [-0.4, -0.2) is 29.0 Å². The lowest BCUT2D eigenvalue weighted by Crippen LogP contribution is -2.16. The summed E-state index contributed by atoms with van der Waals surface area (Å²) in [6.45, 7) is 2.25. The normalized spacial score (nSPS) is 17.1. The molecule has 4 rings (SSSR count). The Bertz CT molecular complexity index is 842. The first kappa shape index (κ1) is 16.0. The zero-order valence-corrected chi connectivity index (χ0v) is 13.9. The summed E-state index contributed by atoms with van der Waals surface area (Å²) in [6.07, 6.45) is 4.85. The SMILES string of the molecule is Fc1ccc(-c2cccc(-n3cccn3)c2)c(COC2CCNC2)c1. The molecule has 3 aromatic rings. The summed E-state index contributed by atoms with van der Waals surface area (Å²) < 4.78 is 21.6.